The number of hydrogen-bond acceptors (Lipinski definition) is 5. The smallest absolute Gasteiger partial charge is 0.259 e. The Morgan fingerprint density at radius 1 is 0.903 bits per heavy atom. The molecule has 5 heterocycles. The lowest BCUT2D eigenvalue weighted by Gasteiger charge is -2.02. The standard InChI is InChI=1S/C23H21N5O3/c1-2-27-12-16(14-6-3-8-24-20(14)27)18-19(23(31)26-22(18)30)17-13-28(10-5-11-29)21-15(17)7-4-9-25-21/h3-4,6-9,12-13,29H,2,5,10-11H2,1H3,(H,26,30,31). The second-order valence-corrected chi connectivity index (χ2v) is 7.42. The number of rotatable bonds is 6. The maximum Gasteiger partial charge on any atom is 0.259 e. The van der Waals surface area contributed by atoms with Crippen LogP contribution in [0.25, 0.3) is 33.2 Å². The van der Waals surface area contributed by atoms with Crippen molar-refractivity contribution in [3.63, 3.8) is 0 Å². The number of nitrogens with one attached hydrogen (secondary N) is 1. The first-order chi connectivity index (χ1) is 15.1. The number of carbonyl (C=O) groups is 2. The van der Waals surface area contributed by atoms with Crippen molar-refractivity contribution < 1.29 is 14.7 Å². The summed E-state index contributed by atoms with van der Waals surface area (Å²) in [7, 11) is 0. The number of hydrogen-bond donors (Lipinski definition) is 2. The minimum Gasteiger partial charge on any atom is -0.396 e. The van der Waals surface area contributed by atoms with Crippen LogP contribution in [-0.2, 0) is 22.7 Å². The van der Waals surface area contributed by atoms with E-state index in [4.69, 9.17) is 0 Å². The van der Waals surface area contributed by atoms with Gasteiger partial charge in [0, 0.05) is 66.4 Å². The first kappa shape index (κ1) is 19.2. The average Bonchev–Trinajstić information content (AvgIpc) is 3.43. The molecule has 0 saturated heterocycles. The van der Waals surface area contributed by atoms with Crippen LogP contribution in [0, 0.1) is 0 Å². The maximum atomic E-state index is 13.0. The number of fused-ring (bicyclic) bond motifs is 2. The number of carbonyl (C=O) groups excluding carboxylic acids is 2. The molecule has 5 rings (SSSR count). The summed E-state index contributed by atoms with van der Waals surface area (Å²) < 4.78 is 3.88. The van der Waals surface area contributed by atoms with Crippen molar-refractivity contribution >= 4 is 45.0 Å². The van der Waals surface area contributed by atoms with Gasteiger partial charge >= 0.3 is 0 Å². The van der Waals surface area contributed by atoms with E-state index in [2.05, 4.69) is 15.3 Å². The Morgan fingerprint density at radius 3 is 2.00 bits per heavy atom. The zero-order valence-corrected chi connectivity index (χ0v) is 17.0. The summed E-state index contributed by atoms with van der Waals surface area (Å²) in [6, 6.07) is 7.44. The quantitative estimate of drug-likeness (QED) is 0.471. The minimum atomic E-state index is -0.425. The maximum absolute atomic E-state index is 13.0. The van der Waals surface area contributed by atoms with Crippen molar-refractivity contribution in [2.24, 2.45) is 0 Å². The molecule has 31 heavy (non-hydrogen) atoms. The van der Waals surface area contributed by atoms with Gasteiger partial charge in [-0.05, 0) is 37.6 Å². The second kappa shape index (κ2) is 7.48. The number of amides is 2. The van der Waals surface area contributed by atoms with E-state index in [-0.39, 0.29) is 6.61 Å². The zero-order valence-electron chi connectivity index (χ0n) is 17.0. The Labute approximate surface area is 177 Å². The third kappa shape index (κ3) is 2.95. The molecule has 0 atom stereocenters. The van der Waals surface area contributed by atoms with Crippen molar-refractivity contribution in [2.75, 3.05) is 6.61 Å². The number of imide groups is 1. The van der Waals surface area contributed by atoms with E-state index >= 15 is 0 Å². The molecule has 1 aliphatic heterocycles. The summed E-state index contributed by atoms with van der Waals surface area (Å²) in [6.45, 7) is 3.31. The molecule has 1 aliphatic rings. The molecule has 0 bridgehead atoms. The van der Waals surface area contributed by atoms with Crippen molar-refractivity contribution in [1.29, 1.82) is 0 Å². The predicted molar refractivity (Wildman–Crippen MR) is 117 cm³/mol. The molecule has 2 N–H and O–H groups in total. The van der Waals surface area contributed by atoms with Gasteiger partial charge in [-0.3, -0.25) is 14.9 Å². The van der Waals surface area contributed by atoms with Gasteiger partial charge in [0.1, 0.15) is 11.3 Å². The van der Waals surface area contributed by atoms with E-state index in [0.29, 0.717) is 47.4 Å². The molecule has 156 valence electrons. The molecular weight excluding hydrogens is 394 g/mol. The molecule has 0 aliphatic carbocycles. The first-order valence-electron chi connectivity index (χ1n) is 10.2. The van der Waals surface area contributed by atoms with Gasteiger partial charge < -0.3 is 14.2 Å². The molecule has 8 nitrogen and oxygen atoms in total. The number of pyridine rings is 2. The van der Waals surface area contributed by atoms with E-state index in [9.17, 15) is 14.7 Å². The van der Waals surface area contributed by atoms with Crippen LogP contribution in [0.5, 0.6) is 0 Å². The van der Waals surface area contributed by atoms with E-state index in [0.717, 1.165) is 16.4 Å². The van der Waals surface area contributed by atoms with Gasteiger partial charge in [-0.15, -0.1) is 0 Å². The van der Waals surface area contributed by atoms with E-state index in [1.807, 2.05) is 52.7 Å². The molecular formula is C23H21N5O3. The molecule has 4 aromatic heterocycles. The molecule has 0 saturated carbocycles. The molecule has 0 radical (unpaired) electrons. The third-order valence-corrected chi connectivity index (χ3v) is 5.64. The Morgan fingerprint density at radius 2 is 1.45 bits per heavy atom. The first-order valence-corrected chi connectivity index (χ1v) is 10.2. The monoisotopic (exact) mass is 415 g/mol. The van der Waals surface area contributed by atoms with Crippen molar-refractivity contribution in [2.45, 2.75) is 26.4 Å². The molecule has 0 unspecified atom stereocenters. The van der Waals surface area contributed by atoms with Crippen LogP contribution < -0.4 is 5.32 Å². The van der Waals surface area contributed by atoms with Crippen LogP contribution in [0.15, 0.2) is 49.1 Å². The molecule has 0 spiro atoms. The van der Waals surface area contributed by atoms with Crippen LogP contribution in [0.4, 0.5) is 0 Å². The van der Waals surface area contributed by atoms with Gasteiger partial charge in [-0.1, -0.05) is 0 Å². The van der Waals surface area contributed by atoms with Crippen LogP contribution in [0.3, 0.4) is 0 Å². The van der Waals surface area contributed by atoms with Crippen molar-refractivity contribution in [3.8, 4) is 0 Å². The highest BCUT2D eigenvalue weighted by Crippen LogP contribution is 2.38. The van der Waals surface area contributed by atoms with E-state index in [1.54, 1.807) is 12.4 Å². The number of aryl methyl sites for hydroxylation is 2. The Balaban J connectivity index is 1.80. The lowest BCUT2D eigenvalue weighted by molar-refractivity contribution is -0.122. The Hall–Kier alpha value is -3.78. The Bertz CT molecular complexity index is 1380. The SMILES string of the molecule is CCn1cc(C2=C(c3cn(CCCO)c4ncccc34)C(=O)NC2=O)c2cccnc21. The number of aliphatic hydroxyl groups is 1. The Kier molecular flexibility index (Phi) is 4.63. The van der Waals surface area contributed by atoms with Gasteiger partial charge in [-0.2, -0.15) is 0 Å². The normalized spacial score (nSPS) is 14.3. The fourth-order valence-corrected chi connectivity index (χ4v) is 4.27. The summed E-state index contributed by atoms with van der Waals surface area (Å²) in [5.74, 6) is -0.842. The fourth-order valence-electron chi connectivity index (χ4n) is 4.27. The summed E-state index contributed by atoms with van der Waals surface area (Å²) in [5.41, 5.74) is 3.50. The summed E-state index contributed by atoms with van der Waals surface area (Å²) in [4.78, 5) is 34.8. The van der Waals surface area contributed by atoms with Crippen LogP contribution in [0.1, 0.15) is 24.5 Å². The topological polar surface area (TPSA) is 102 Å². The molecule has 8 heteroatoms. The highest BCUT2D eigenvalue weighted by molar-refractivity contribution is 6.50. The van der Waals surface area contributed by atoms with E-state index in [1.165, 1.54) is 0 Å². The van der Waals surface area contributed by atoms with Gasteiger partial charge in [0.25, 0.3) is 11.8 Å². The van der Waals surface area contributed by atoms with E-state index < -0.39 is 11.8 Å². The average molecular weight is 415 g/mol. The summed E-state index contributed by atoms with van der Waals surface area (Å²) in [5, 5.41) is 13.3. The van der Waals surface area contributed by atoms with Crippen molar-refractivity contribution in [3.05, 3.63) is 60.2 Å². The molecule has 0 fully saturated rings. The number of aromatic nitrogens is 4. The van der Waals surface area contributed by atoms with Gasteiger partial charge in [0.05, 0.1) is 11.1 Å². The number of nitrogens with zero attached hydrogens (tertiary/aromatic N) is 4. The lowest BCUT2D eigenvalue weighted by Crippen LogP contribution is -2.22. The predicted octanol–water partition coefficient (Wildman–Crippen LogP) is 2.36. The molecule has 0 aromatic carbocycles. The minimum absolute atomic E-state index is 0.0539. The van der Waals surface area contributed by atoms with Gasteiger partial charge in [-0.25, -0.2) is 9.97 Å². The molecule has 4 aromatic rings. The third-order valence-electron chi connectivity index (χ3n) is 5.64. The lowest BCUT2D eigenvalue weighted by atomic mass is 9.96. The summed E-state index contributed by atoms with van der Waals surface area (Å²) in [6.07, 6.45) is 7.70. The zero-order chi connectivity index (χ0) is 21.5. The highest BCUT2D eigenvalue weighted by Gasteiger charge is 2.35. The fraction of sp³-hybridized carbons (Fsp3) is 0.217. The van der Waals surface area contributed by atoms with Crippen LogP contribution in [0.2, 0.25) is 0 Å². The number of aliphatic hydroxyl groups excluding tert-OH is 1. The van der Waals surface area contributed by atoms with Gasteiger partial charge in [0.2, 0.25) is 0 Å². The van der Waals surface area contributed by atoms with Crippen LogP contribution in [-0.4, -0.2) is 42.6 Å². The highest BCUT2D eigenvalue weighted by atomic mass is 16.3. The summed E-state index contributed by atoms with van der Waals surface area (Å²) >= 11 is 0. The van der Waals surface area contributed by atoms with Crippen molar-refractivity contribution in [1.82, 2.24) is 24.4 Å². The van der Waals surface area contributed by atoms with Crippen LogP contribution >= 0.6 is 0 Å². The molecule has 2 amide bonds. The largest absolute Gasteiger partial charge is 0.396 e. The van der Waals surface area contributed by atoms with Gasteiger partial charge in [0.15, 0.2) is 0 Å². The second-order valence-electron chi connectivity index (χ2n) is 7.42.